The van der Waals surface area contributed by atoms with E-state index in [1.807, 2.05) is 13.1 Å². The third-order valence-corrected chi connectivity index (χ3v) is 6.22. The number of aryl methyl sites for hydroxylation is 1. The van der Waals surface area contributed by atoms with Gasteiger partial charge in [0.2, 0.25) is 0 Å². The number of amides is 1. The summed E-state index contributed by atoms with van der Waals surface area (Å²) >= 11 is 0. The van der Waals surface area contributed by atoms with Crippen molar-refractivity contribution in [3.8, 4) is 0 Å². The number of nitrogens with one attached hydrogen (secondary N) is 1. The summed E-state index contributed by atoms with van der Waals surface area (Å²) < 4.78 is 3.45. The molecule has 1 N–H and O–H groups in total. The van der Waals surface area contributed by atoms with E-state index in [9.17, 15) is 9.59 Å². The minimum atomic E-state index is -0.0474. The summed E-state index contributed by atoms with van der Waals surface area (Å²) in [6, 6.07) is 1.99. The first-order valence-electron chi connectivity index (χ1n) is 10.1. The number of hydrogen-bond acceptors (Lipinski definition) is 4. The fourth-order valence-electron chi connectivity index (χ4n) is 4.06. The van der Waals surface area contributed by atoms with Gasteiger partial charge < -0.3 is 4.90 Å². The van der Waals surface area contributed by atoms with Gasteiger partial charge in [0.05, 0.1) is 0 Å². The Labute approximate surface area is 157 Å². The predicted molar refractivity (Wildman–Crippen MR) is 98.6 cm³/mol. The molecule has 2 saturated carbocycles. The van der Waals surface area contributed by atoms with Gasteiger partial charge in [-0.05, 0) is 50.5 Å². The Morgan fingerprint density at radius 2 is 2.07 bits per heavy atom. The molecule has 1 aliphatic heterocycles. The fourth-order valence-corrected chi connectivity index (χ4v) is 4.06. The second kappa shape index (κ2) is 6.35. The van der Waals surface area contributed by atoms with Crippen LogP contribution in [0.5, 0.6) is 0 Å². The van der Waals surface area contributed by atoms with Gasteiger partial charge in [0.15, 0.2) is 0 Å². The standard InChI is InChI=1S/C19H26N6O2/c1-23(18(26)16-10-15(20-21-16)13-4-5-13)14-6-7-17-22-25(11-12-2-3-12)19(27)24(17)9-8-14/h10,12-14H,2-9,11H2,1H3,(H,20,21). The Bertz CT molecular complexity index is 917. The third kappa shape index (κ3) is 3.21. The fraction of sp³-hybridized carbons (Fsp3) is 0.684. The number of aromatic nitrogens is 5. The lowest BCUT2D eigenvalue weighted by atomic mass is 10.1. The number of H-pyrrole nitrogens is 1. The number of carbonyl (C=O) groups is 1. The zero-order chi connectivity index (χ0) is 18.5. The second-order valence-corrected chi connectivity index (χ2v) is 8.36. The molecule has 5 rings (SSSR count). The lowest BCUT2D eigenvalue weighted by molar-refractivity contribution is 0.0710. The zero-order valence-electron chi connectivity index (χ0n) is 15.7. The summed E-state index contributed by atoms with van der Waals surface area (Å²) in [5.74, 6) is 2.00. The zero-order valence-corrected chi connectivity index (χ0v) is 15.7. The van der Waals surface area contributed by atoms with E-state index in [1.165, 1.54) is 25.7 Å². The van der Waals surface area contributed by atoms with Crippen molar-refractivity contribution < 1.29 is 4.79 Å². The quantitative estimate of drug-likeness (QED) is 0.864. The molecular weight excluding hydrogens is 344 g/mol. The van der Waals surface area contributed by atoms with Crippen LogP contribution in [0.2, 0.25) is 0 Å². The molecule has 2 aliphatic carbocycles. The van der Waals surface area contributed by atoms with Crippen molar-refractivity contribution in [3.05, 3.63) is 33.8 Å². The largest absolute Gasteiger partial charge is 0.345 e. The van der Waals surface area contributed by atoms with Crippen LogP contribution in [0.25, 0.3) is 0 Å². The number of nitrogens with zero attached hydrogens (tertiary/aromatic N) is 5. The van der Waals surface area contributed by atoms with E-state index in [1.54, 1.807) is 14.1 Å². The molecule has 3 heterocycles. The van der Waals surface area contributed by atoms with Crippen LogP contribution in [0.3, 0.4) is 0 Å². The lowest BCUT2D eigenvalue weighted by Gasteiger charge is -2.26. The van der Waals surface area contributed by atoms with Crippen molar-refractivity contribution in [1.29, 1.82) is 0 Å². The van der Waals surface area contributed by atoms with Gasteiger partial charge in [0.1, 0.15) is 11.5 Å². The highest BCUT2D eigenvalue weighted by atomic mass is 16.2. The summed E-state index contributed by atoms with van der Waals surface area (Å²) in [5.41, 5.74) is 1.57. The van der Waals surface area contributed by atoms with Crippen molar-refractivity contribution in [1.82, 2.24) is 29.4 Å². The number of hydrogen-bond donors (Lipinski definition) is 1. The van der Waals surface area contributed by atoms with Crippen molar-refractivity contribution >= 4 is 5.91 Å². The van der Waals surface area contributed by atoms with Gasteiger partial charge in [0, 0.05) is 44.2 Å². The van der Waals surface area contributed by atoms with Crippen LogP contribution in [0, 0.1) is 5.92 Å². The summed E-state index contributed by atoms with van der Waals surface area (Å²) in [7, 11) is 1.85. The molecule has 0 saturated heterocycles. The summed E-state index contributed by atoms with van der Waals surface area (Å²) in [6.45, 7) is 1.37. The molecule has 0 radical (unpaired) electrons. The maximum Gasteiger partial charge on any atom is 0.345 e. The first kappa shape index (κ1) is 16.8. The number of carbonyl (C=O) groups excluding carboxylic acids is 1. The molecule has 3 aliphatic rings. The molecule has 27 heavy (non-hydrogen) atoms. The molecule has 0 bridgehead atoms. The van der Waals surface area contributed by atoms with E-state index < -0.39 is 0 Å². The molecule has 8 nitrogen and oxygen atoms in total. The van der Waals surface area contributed by atoms with Crippen LogP contribution in [0.4, 0.5) is 0 Å². The Morgan fingerprint density at radius 1 is 1.26 bits per heavy atom. The minimum absolute atomic E-state index is 0.00732. The third-order valence-electron chi connectivity index (χ3n) is 6.22. The summed E-state index contributed by atoms with van der Waals surface area (Å²) in [5, 5.41) is 11.8. The Kier molecular flexibility index (Phi) is 3.94. The van der Waals surface area contributed by atoms with Gasteiger partial charge in [0.25, 0.3) is 5.91 Å². The summed E-state index contributed by atoms with van der Waals surface area (Å²) in [4.78, 5) is 27.2. The normalized spacial score (nSPS) is 22.3. The maximum atomic E-state index is 12.8. The smallest absolute Gasteiger partial charge is 0.337 e. The Morgan fingerprint density at radius 3 is 2.81 bits per heavy atom. The van der Waals surface area contributed by atoms with E-state index in [2.05, 4.69) is 15.3 Å². The highest BCUT2D eigenvalue weighted by Gasteiger charge is 2.30. The lowest BCUT2D eigenvalue weighted by Crippen LogP contribution is -2.38. The number of rotatable bonds is 5. The first-order valence-corrected chi connectivity index (χ1v) is 10.1. The molecule has 2 aromatic rings. The molecule has 2 fully saturated rings. The predicted octanol–water partition coefficient (Wildman–Crippen LogP) is 1.53. The van der Waals surface area contributed by atoms with Gasteiger partial charge in [-0.25, -0.2) is 9.48 Å². The topological polar surface area (TPSA) is 88.8 Å². The van der Waals surface area contributed by atoms with Crippen LogP contribution in [0.1, 0.15) is 66.4 Å². The van der Waals surface area contributed by atoms with Gasteiger partial charge in [-0.2, -0.15) is 10.2 Å². The SMILES string of the molecule is CN(C(=O)c1cc(C2CC2)[nH]n1)C1CCc2nn(CC3CC3)c(=O)n2CC1. The molecule has 0 spiro atoms. The number of aromatic amines is 1. The molecule has 2 aromatic heterocycles. The molecule has 144 valence electrons. The van der Waals surface area contributed by atoms with Crippen molar-refractivity contribution in [2.75, 3.05) is 7.05 Å². The average molecular weight is 370 g/mol. The maximum absolute atomic E-state index is 12.8. The minimum Gasteiger partial charge on any atom is -0.337 e. The van der Waals surface area contributed by atoms with Crippen molar-refractivity contribution in [2.24, 2.45) is 5.92 Å². The monoisotopic (exact) mass is 370 g/mol. The second-order valence-electron chi connectivity index (χ2n) is 8.36. The molecule has 8 heteroatoms. The Balaban J connectivity index is 1.27. The van der Waals surface area contributed by atoms with E-state index >= 15 is 0 Å². The van der Waals surface area contributed by atoms with Crippen LogP contribution >= 0.6 is 0 Å². The highest BCUT2D eigenvalue weighted by molar-refractivity contribution is 5.92. The van der Waals surface area contributed by atoms with Gasteiger partial charge >= 0.3 is 5.69 Å². The van der Waals surface area contributed by atoms with Crippen LogP contribution < -0.4 is 5.69 Å². The van der Waals surface area contributed by atoms with Crippen LogP contribution in [0.15, 0.2) is 10.9 Å². The molecular formula is C19H26N6O2. The summed E-state index contributed by atoms with van der Waals surface area (Å²) in [6.07, 6.45) is 7.09. The van der Waals surface area contributed by atoms with E-state index in [0.29, 0.717) is 24.1 Å². The molecule has 0 aromatic carbocycles. The van der Waals surface area contributed by atoms with Crippen molar-refractivity contribution in [3.63, 3.8) is 0 Å². The molecule has 1 atom stereocenters. The van der Waals surface area contributed by atoms with Gasteiger partial charge in [-0.1, -0.05) is 0 Å². The molecule has 1 amide bonds. The van der Waals surface area contributed by atoms with E-state index in [-0.39, 0.29) is 17.6 Å². The average Bonchev–Trinajstić information content (AvgIpc) is 3.59. The van der Waals surface area contributed by atoms with Gasteiger partial charge in [-0.3, -0.25) is 14.5 Å². The highest BCUT2D eigenvalue weighted by Crippen LogP contribution is 2.39. The Hall–Kier alpha value is -2.38. The van der Waals surface area contributed by atoms with E-state index in [4.69, 9.17) is 0 Å². The van der Waals surface area contributed by atoms with E-state index in [0.717, 1.165) is 37.3 Å². The van der Waals surface area contributed by atoms with Gasteiger partial charge in [-0.15, -0.1) is 0 Å². The number of fused-ring (bicyclic) bond motifs is 1. The first-order chi connectivity index (χ1) is 13.1. The van der Waals surface area contributed by atoms with Crippen LogP contribution in [-0.4, -0.2) is 48.4 Å². The van der Waals surface area contributed by atoms with Crippen LogP contribution in [-0.2, 0) is 19.5 Å². The molecule has 1 unspecified atom stereocenters. The van der Waals surface area contributed by atoms with Crippen molar-refractivity contribution in [2.45, 2.75) is 70.0 Å².